The fourth-order valence-electron chi connectivity index (χ4n) is 2.11. The number of phenolic OH excluding ortho intramolecular Hbond substituents is 1. The number of hydrogen-bond donors (Lipinski definition) is 2. The van der Waals surface area contributed by atoms with Crippen molar-refractivity contribution in [3.63, 3.8) is 0 Å². The molecule has 0 saturated carbocycles. The van der Waals surface area contributed by atoms with Gasteiger partial charge in [-0.3, -0.25) is 0 Å². The average molecular weight is 292 g/mol. The molecule has 0 radical (unpaired) electrons. The van der Waals surface area contributed by atoms with E-state index in [0.29, 0.717) is 16.8 Å². The maximum Gasteiger partial charge on any atom is 0.335 e. The molecule has 3 aromatic carbocycles. The number of carboxylic acids is 1. The highest BCUT2D eigenvalue weighted by Crippen LogP contribution is 2.35. The van der Waals surface area contributed by atoms with Gasteiger partial charge >= 0.3 is 5.97 Å². The molecule has 0 atom stereocenters. The van der Waals surface area contributed by atoms with Gasteiger partial charge in [-0.2, -0.15) is 5.11 Å². The molecule has 0 amide bonds. The first kappa shape index (κ1) is 13.8. The van der Waals surface area contributed by atoms with E-state index in [4.69, 9.17) is 5.11 Å². The normalized spacial score (nSPS) is 11.1. The Morgan fingerprint density at radius 3 is 2.32 bits per heavy atom. The van der Waals surface area contributed by atoms with E-state index in [9.17, 15) is 9.90 Å². The number of rotatable bonds is 3. The van der Waals surface area contributed by atoms with E-state index < -0.39 is 5.97 Å². The van der Waals surface area contributed by atoms with Crippen LogP contribution in [0.15, 0.2) is 70.9 Å². The van der Waals surface area contributed by atoms with E-state index in [1.54, 1.807) is 18.2 Å². The maximum absolute atomic E-state index is 10.8. The standard InChI is InChI=1S/C17H12N2O3/c20-16-14-4-2-1-3-11(14)7-10-15(16)19-18-13-8-5-12(6-9-13)17(21)22/h1-10,20H,(H,21,22). The van der Waals surface area contributed by atoms with Crippen LogP contribution in [-0.4, -0.2) is 16.2 Å². The van der Waals surface area contributed by atoms with Crippen LogP contribution in [0.1, 0.15) is 10.4 Å². The molecule has 2 N–H and O–H groups in total. The van der Waals surface area contributed by atoms with Crippen LogP contribution in [0, 0.1) is 0 Å². The minimum Gasteiger partial charge on any atom is -0.505 e. The maximum atomic E-state index is 10.8. The van der Waals surface area contributed by atoms with Gasteiger partial charge in [-0.1, -0.05) is 30.3 Å². The Hall–Kier alpha value is -3.21. The lowest BCUT2D eigenvalue weighted by Gasteiger charge is -2.03. The number of benzene rings is 3. The highest BCUT2D eigenvalue weighted by Gasteiger charge is 2.05. The minimum absolute atomic E-state index is 0.0732. The molecule has 0 unspecified atom stereocenters. The van der Waals surface area contributed by atoms with Crippen molar-refractivity contribution in [2.45, 2.75) is 0 Å². The Morgan fingerprint density at radius 2 is 1.59 bits per heavy atom. The Morgan fingerprint density at radius 1 is 0.864 bits per heavy atom. The second-order valence-corrected chi connectivity index (χ2v) is 4.71. The monoisotopic (exact) mass is 292 g/mol. The first-order valence-electron chi connectivity index (χ1n) is 6.61. The second-order valence-electron chi connectivity index (χ2n) is 4.71. The summed E-state index contributed by atoms with van der Waals surface area (Å²) in [4.78, 5) is 10.8. The van der Waals surface area contributed by atoms with E-state index >= 15 is 0 Å². The SMILES string of the molecule is O=C(O)c1ccc(N=Nc2ccc3ccccc3c2O)cc1. The molecule has 22 heavy (non-hydrogen) atoms. The zero-order valence-corrected chi connectivity index (χ0v) is 11.5. The zero-order chi connectivity index (χ0) is 15.5. The highest BCUT2D eigenvalue weighted by atomic mass is 16.4. The van der Waals surface area contributed by atoms with Gasteiger partial charge in [0.05, 0.1) is 11.3 Å². The number of nitrogens with zero attached hydrogens (tertiary/aromatic N) is 2. The van der Waals surface area contributed by atoms with E-state index in [1.165, 1.54) is 12.1 Å². The molecule has 5 heteroatoms. The molecule has 0 spiro atoms. The van der Waals surface area contributed by atoms with Crippen LogP contribution >= 0.6 is 0 Å². The van der Waals surface area contributed by atoms with E-state index in [-0.39, 0.29) is 11.3 Å². The lowest BCUT2D eigenvalue weighted by molar-refractivity contribution is 0.0697. The first-order chi connectivity index (χ1) is 10.6. The Bertz CT molecular complexity index is 871. The van der Waals surface area contributed by atoms with Crippen molar-refractivity contribution in [2.75, 3.05) is 0 Å². The molecule has 3 rings (SSSR count). The number of aromatic hydroxyl groups is 1. The lowest BCUT2D eigenvalue weighted by Crippen LogP contribution is -1.93. The largest absolute Gasteiger partial charge is 0.505 e. The number of carboxylic acid groups (broad SMARTS) is 1. The van der Waals surface area contributed by atoms with Crippen LogP contribution in [0.25, 0.3) is 10.8 Å². The van der Waals surface area contributed by atoms with Crippen LogP contribution in [0.3, 0.4) is 0 Å². The number of carbonyl (C=O) groups is 1. The molecule has 3 aromatic rings. The number of azo groups is 1. The molecule has 0 saturated heterocycles. The average Bonchev–Trinajstić information content (AvgIpc) is 2.55. The van der Waals surface area contributed by atoms with Gasteiger partial charge in [0.2, 0.25) is 0 Å². The van der Waals surface area contributed by atoms with Crippen molar-refractivity contribution < 1.29 is 15.0 Å². The Kier molecular flexibility index (Phi) is 3.53. The van der Waals surface area contributed by atoms with Gasteiger partial charge in [0, 0.05) is 5.39 Å². The summed E-state index contributed by atoms with van der Waals surface area (Å²) in [6.45, 7) is 0. The molecule has 0 bridgehead atoms. The zero-order valence-electron chi connectivity index (χ0n) is 11.5. The molecule has 0 aromatic heterocycles. The molecule has 0 aliphatic rings. The van der Waals surface area contributed by atoms with Crippen molar-refractivity contribution in [1.29, 1.82) is 0 Å². The molecule has 0 aliphatic carbocycles. The fourth-order valence-corrected chi connectivity index (χ4v) is 2.11. The summed E-state index contributed by atoms with van der Waals surface area (Å²) < 4.78 is 0. The molecule has 0 aliphatic heterocycles. The minimum atomic E-state index is -0.990. The van der Waals surface area contributed by atoms with Crippen LogP contribution in [0.5, 0.6) is 5.75 Å². The predicted molar refractivity (Wildman–Crippen MR) is 83.2 cm³/mol. The summed E-state index contributed by atoms with van der Waals surface area (Å²) in [6.07, 6.45) is 0. The van der Waals surface area contributed by atoms with Crippen LogP contribution in [0.2, 0.25) is 0 Å². The molecule has 0 fully saturated rings. The topological polar surface area (TPSA) is 82.2 Å². The second kappa shape index (κ2) is 5.65. The van der Waals surface area contributed by atoms with Gasteiger partial charge in [0.15, 0.2) is 5.75 Å². The number of fused-ring (bicyclic) bond motifs is 1. The number of aromatic carboxylic acids is 1. The third-order valence-corrected chi connectivity index (χ3v) is 3.27. The Labute approximate surface area is 126 Å². The van der Waals surface area contributed by atoms with Crippen molar-refractivity contribution in [3.8, 4) is 5.75 Å². The van der Waals surface area contributed by atoms with Gasteiger partial charge in [-0.25, -0.2) is 4.79 Å². The summed E-state index contributed by atoms with van der Waals surface area (Å²) in [6, 6.07) is 17.0. The summed E-state index contributed by atoms with van der Waals surface area (Å²) in [7, 11) is 0. The van der Waals surface area contributed by atoms with Crippen molar-refractivity contribution >= 4 is 28.1 Å². The number of phenols is 1. The first-order valence-corrected chi connectivity index (χ1v) is 6.61. The van der Waals surface area contributed by atoms with Crippen LogP contribution < -0.4 is 0 Å². The molecular weight excluding hydrogens is 280 g/mol. The summed E-state index contributed by atoms with van der Waals surface area (Å²) in [5.41, 5.74) is 1.06. The van der Waals surface area contributed by atoms with Gasteiger partial charge in [0.1, 0.15) is 5.69 Å². The fraction of sp³-hybridized carbons (Fsp3) is 0. The molecular formula is C17H12N2O3. The lowest BCUT2D eigenvalue weighted by atomic mass is 10.1. The molecule has 108 valence electrons. The van der Waals surface area contributed by atoms with Gasteiger partial charge in [0.25, 0.3) is 0 Å². The molecule has 5 nitrogen and oxygen atoms in total. The van der Waals surface area contributed by atoms with E-state index in [0.717, 1.165) is 5.39 Å². The third kappa shape index (κ3) is 2.64. The van der Waals surface area contributed by atoms with Gasteiger partial charge < -0.3 is 10.2 Å². The van der Waals surface area contributed by atoms with Crippen molar-refractivity contribution in [3.05, 3.63) is 66.2 Å². The highest BCUT2D eigenvalue weighted by molar-refractivity contribution is 5.92. The quantitative estimate of drug-likeness (QED) is 0.689. The summed E-state index contributed by atoms with van der Waals surface area (Å²) in [5, 5.41) is 28.7. The smallest absolute Gasteiger partial charge is 0.335 e. The van der Waals surface area contributed by atoms with Gasteiger partial charge in [-0.15, -0.1) is 5.11 Å². The van der Waals surface area contributed by atoms with E-state index in [1.807, 2.05) is 30.3 Å². The van der Waals surface area contributed by atoms with Crippen LogP contribution in [0.4, 0.5) is 11.4 Å². The van der Waals surface area contributed by atoms with Crippen LogP contribution in [-0.2, 0) is 0 Å². The Balaban J connectivity index is 1.92. The van der Waals surface area contributed by atoms with Gasteiger partial charge in [-0.05, 0) is 35.7 Å². The van der Waals surface area contributed by atoms with Crippen molar-refractivity contribution in [1.82, 2.24) is 0 Å². The predicted octanol–water partition coefficient (Wildman–Crippen LogP) is 4.66. The molecule has 0 heterocycles. The third-order valence-electron chi connectivity index (χ3n) is 3.27. The van der Waals surface area contributed by atoms with Crippen molar-refractivity contribution in [2.24, 2.45) is 10.2 Å². The summed E-state index contributed by atoms with van der Waals surface area (Å²) >= 11 is 0. The van der Waals surface area contributed by atoms with E-state index in [2.05, 4.69) is 10.2 Å². The summed E-state index contributed by atoms with van der Waals surface area (Å²) in [5.74, 6) is -0.917. The number of hydrogen-bond acceptors (Lipinski definition) is 4.